The first-order valence-corrected chi connectivity index (χ1v) is 11.8. The predicted octanol–water partition coefficient (Wildman–Crippen LogP) is 4.39. The van der Waals surface area contributed by atoms with Crippen LogP contribution in [0.1, 0.15) is 5.56 Å². The van der Waals surface area contributed by atoms with Crippen molar-refractivity contribution in [2.45, 2.75) is 24.4 Å². The van der Waals surface area contributed by atoms with E-state index in [4.69, 9.17) is 30.8 Å². The molecule has 166 valence electrons. The number of halogens is 1. The molecule has 0 saturated carbocycles. The van der Waals surface area contributed by atoms with Crippen LogP contribution in [0.25, 0.3) is 33.4 Å². The van der Waals surface area contributed by atoms with Gasteiger partial charge in [-0.1, -0.05) is 35.9 Å². The zero-order valence-corrected chi connectivity index (χ0v) is 18.8. The number of ether oxygens (including phenoxy) is 3. The molecule has 4 aromatic rings. The van der Waals surface area contributed by atoms with Gasteiger partial charge < -0.3 is 24.3 Å². The van der Waals surface area contributed by atoms with Gasteiger partial charge in [0.15, 0.2) is 6.10 Å². The van der Waals surface area contributed by atoms with Crippen molar-refractivity contribution in [2.75, 3.05) is 13.2 Å². The van der Waals surface area contributed by atoms with Crippen LogP contribution in [0.15, 0.2) is 47.2 Å². The Bertz CT molecular complexity index is 1360. The third-order valence-electron chi connectivity index (χ3n) is 6.06. The van der Waals surface area contributed by atoms with Crippen molar-refractivity contribution in [1.82, 2.24) is 9.97 Å². The molecular formula is C24H18ClN3O4S. The third kappa shape index (κ3) is 3.50. The molecule has 0 aliphatic carbocycles. The van der Waals surface area contributed by atoms with Gasteiger partial charge in [0, 0.05) is 5.56 Å². The van der Waals surface area contributed by atoms with Gasteiger partial charge in [0.1, 0.15) is 35.5 Å². The van der Waals surface area contributed by atoms with Crippen molar-refractivity contribution in [3.63, 3.8) is 0 Å². The van der Waals surface area contributed by atoms with Crippen LogP contribution < -0.4 is 4.74 Å². The maximum Gasteiger partial charge on any atom is 0.212 e. The normalized spacial score (nSPS) is 24.2. The number of H-pyrrole nitrogens is 1. The van der Waals surface area contributed by atoms with Crippen LogP contribution in [0, 0.1) is 11.3 Å². The summed E-state index contributed by atoms with van der Waals surface area (Å²) in [7, 11) is 0. The summed E-state index contributed by atoms with van der Waals surface area (Å²) in [4.78, 5) is 7.83. The number of aromatic nitrogens is 2. The van der Waals surface area contributed by atoms with E-state index in [0.717, 1.165) is 16.7 Å². The Morgan fingerprint density at radius 3 is 2.67 bits per heavy atom. The van der Waals surface area contributed by atoms with E-state index in [0.29, 0.717) is 33.2 Å². The minimum absolute atomic E-state index is 0.207. The highest BCUT2D eigenvalue weighted by Crippen LogP contribution is 2.36. The van der Waals surface area contributed by atoms with Crippen molar-refractivity contribution >= 4 is 34.0 Å². The lowest BCUT2D eigenvalue weighted by molar-refractivity contribution is 0.00789. The van der Waals surface area contributed by atoms with Crippen molar-refractivity contribution in [3.8, 4) is 34.3 Å². The third-order valence-corrected chi connectivity index (χ3v) is 7.04. The largest absolute Gasteiger partial charge is 0.469 e. The molecule has 0 radical (unpaired) electrons. The lowest BCUT2D eigenvalue weighted by Gasteiger charge is -2.16. The maximum atomic E-state index is 9.95. The summed E-state index contributed by atoms with van der Waals surface area (Å²) in [6.07, 6.45) is -1.91. The fraction of sp³-hybridized carbons (Fsp3) is 0.250. The van der Waals surface area contributed by atoms with Gasteiger partial charge in [0.25, 0.3) is 0 Å². The van der Waals surface area contributed by atoms with Crippen LogP contribution >= 0.6 is 22.9 Å². The van der Waals surface area contributed by atoms with E-state index in [2.05, 4.69) is 22.5 Å². The molecule has 3 aromatic heterocycles. The van der Waals surface area contributed by atoms with Crippen molar-refractivity contribution in [3.05, 3.63) is 57.7 Å². The number of aromatic amines is 1. The Balaban J connectivity index is 1.34. The lowest BCUT2D eigenvalue weighted by Crippen LogP contribution is -2.34. The number of aliphatic hydroxyl groups excluding tert-OH is 1. The van der Waals surface area contributed by atoms with Gasteiger partial charge in [-0.05, 0) is 34.0 Å². The van der Waals surface area contributed by atoms with Crippen LogP contribution in [0.5, 0.6) is 5.88 Å². The summed E-state index contributed by atoms with van der Waals surface area (Å²) >= 11 is 8.22. The maximum absolute atomic E-state index is 9.95. The molecule has 2 N–H and O–H groups in total. The Kier molecular flexibility index (Phi) is 5.09. The quantitative estimate of drug-likeness (QED) is 0.450. The molecule has 2 fully saturated rings. The van der Waals surface area contributed by atoms with Crippen LogP contribution in [-0.4, -0.2) is 52.7 Å². The second-order valence-electron chi connectivity index (χ2n) is 8.06. The van der Waals surface area contributed by atoms with E-state index in [1.807, 2.05) is 29.6 Å². The molecular weight excluding hydrogens is 462 g/mol. The molecule has 2 saturated heterocycles. The molecule has 0 unspecified atom stereocenters. The molecule has 33 heavy (non-hydrogen) atoms. The molecule has 0 amide bonds. The molecule has 2 aliphatic heterocycles. The number of fused-ring (bicyclic) bond motifs is 2. The van der Waals surface area contributed by atoms with Crippen molar-refractivity contribution in [2.24, 2.45) is 0 Å². The number of hydrogen-bond donors (Lipinski definition) is 2. The van der Waals surface area contributed by atoms with Crippen LogP contribution in [0.2, 0.25) is 5.02 Å². The summed E-state index contributed by atoms with van der Waals surface area (Å²) in [5.74, 6) is 0.292. The molecule has 6 rings (SSSR count). The number of nitrogens with one attached hydrogen (secondary N) is 1. The molecule has 0 bridgehead atoms. The highest BCUT2D eigenvalue weighted by Gasteiger charge is 2.48. The highest BCUT2D eigenvalue weighted by atomic mass is 35.5. The molecule has 5 heterocycles. The number of rotatable bonds is 4. The van der Waals surface area contributed by atoms with Crippen molar-refractivity contribution < 1.29 is 19.3 Å². The number of benzene rings is 1. The average molecular weight is 480 g/mol. The predicted molar refractivity (Wildman–Crippen MR) is 124 cm³/mol. The molecule has 2 aliphatic rings. The number of thiophene rings is 1. The zero-order valence-electron chi connectivity index (χ0n) is 17.2. The van der Waals surface area contributed by atoms with Crippen LogP contribution in [-0.2, 0) is 9.47 Å². The van der Waals surface area contributed by atoms with Gasteiger partial charge >= 0.3 is 0 Å². The number of nitrogens with zero attached hydrogens (tertiary/aromatic N) is 2. The van der Waals surface area contributed by atoms with E-state index >= 15 is 0 Å². The SMILES string of the molecule is N#Cc1c(O[C@@H]2CO[C@H]3[C@@H]2OC[C@H]3O)[nH]c2cc(Cl)c(-c3ccc(-c4ccsc4)cc3)nc12. The van der Waals surface area contributed by atoms with E-state index in [1.54, 1.807) is 17.4 Å². The van der Waals surface area contributed by atoms with Gasteiger partial charge in [0.05, 0.1) is 29.4 Å². The number of pyridine rings is 1. The fourth-order valence-electron chi connectivity index (χ4n) is 4.41. The van der Waals surface area contributed by atoms with E-state index in [1.165, 1.54) is 0 Å². The van der Waals surface area contributed by atoms with Gasteiger partial charge in [-0.2, -0.15) is 16.6 Å². The second-order valence-corrected chi connectivity index (χ2v) is 9.25. The topological polar surface area (TPSA) is 100 Å². The molecule has 1 aromatic carbocycles. The second kappa shape index (κ2) is 8.13. The first-order chi connectivity index (χ1) is 16.1. The Labute approximate surface area is 198 Å². The Morgan fingerprint density at radius 1 is 1.12 bits per heavy atom. The van der Waals surface area contributed by atoms with Gasteiger partial charge in [-0.15, -0.1) is 0 Å². The van der Waals surface area contributed by atoms with Gasteiger partial charge in [-0.3, -0.25) is 0 Å². The van der Waals surface area contributed by atoms with Gasteiger partial charge in [0.2, 0.25) is 5.88 Å². The smallest absolute Gasteiger partial charge is 0.212 e. The Hall–Kier alpha value is -2.93. The fourth-order valence-corrected chi connectivity index (χ4v) is 5.33. The highest BCUT2D eigenvalue weighted by molar-refractivity contribution is 7.08. The minimum atomic E-state index is -0.670. The summed E-state index contributed by atoms with van der Waals surface area (Å²) in [6.45, 7) is 0.473. The number of hydrogen-bond acceptors (Lipinski definition) is 7. The average Bonchev–Trinajstić information content (AvgIpc) is 3.60. The van der Waals surface area contributed by atoms with Crippen molar-refractivity contribution in [1.29, 1.82) is 5.26 Å². The summed E-state index contributed by atoms with van der Waals surface area (Å²) in [5.41, 5.74) is 5.11. The van der Waals surface area contributed by atoms with E-state index in [-0.39, 0.29) is 19.3 Å². The monoisotopic (exact) mass is 479 g/mol. The number of nitriles is 1. The first-order valence-electron chi connectivity index (χ1n) is 10.5. The van der Waals surface area contributed by atoms with Gasteiger partial charge in [-0.25, -0.2) is 4.98 Å². The van der Waals surface area contributed by atoms with E-state index < -0.39 is 18.3 Å². The zero-order chi connectivity index (χ0) is 22.5. The Morgan fingerprint density at radius 2 is 1.91 bits per heavy atom. The standard InChI is InChI=1S/C24H18ClN3O4S/c25-16-7-17-21(28-20(16)13-3-1-12(2-4-13)14-5-6-33-11-14)15(8-26)24(27-17)32-19-10-31-22-18(29)9-30-23(19)22/h1-7,11,18-19,22-23,27,29H,9-10H2/t18-,19-,22-,23-/m1/s1. The molecule has 7 nitrogen and oxygen atoms in total. The molecule has 0 spiro atoms. The molecule has 4 atom stereocenters. The summed E-state index contributed by atoms with van der Waals surface area (Å²) in [5, 5.41) is 24.4. The lowest BCUT2D eigenvalue weighted by atomic mass is 10.0. The van der Waals surface area contributed by atoms with E-state index in [9.17, 15) is 10.4 Å². The summed E-state index contributed by atoms with van der Waals surface area (Å²) in [6, 6.07) is 14.0. The first kappa shape index (κ1) is 20.7. The number of aliphatic hydroxyl groups is 1. The minimum Gasteiger partial charge on any atom is -0.469 e. The van der Waals surface area contributed by atoms with Crippen LogP contribution in [0.4, 0.5) is 0 Å². The summed E-state index contributed by atoms with van der Waals surface area (Å²) < 4.78 is 17.3. The molecule has 9 heteroatoms. The van der Waals surface area contributed by atoms with Crippen LogP contribution in [0.3, 0.4) is 0 Å².